The first-order valence-corrected chi connectivity index (χ1v) is 8.72. The molecule has 0 unspecified atom stereocenters. The highest BCUT2D eigenvalue weighted by atomic mass is 16.5. The van der Waals surface area contributed by atoms with Gasteiger partial charge in [-0.3, -0.25) is 9.69 Å². The molecule has 4 rings (SSSR count). The van der Waals surface area contributed by atoms with Crippen molar-refractivity contribution in [3.63, 3.8) is 0 Å². The van der Waals surface area contributed by atoms with E-state index in [1.165, 1.54) is 12.8 Å². The minimum absolute atomic E-state index is 0.366. The number of rotatable bonds is 4. The summed E-state index contributed by atoms with van der Waals surface area (Å²) in [6.07, 6.45) is 5.42. The number of likely N-dealkylation sites (tertiary alicyclic amines) is 1. The van der Waals surface area contributed by atoms with E-state index in [1.807, 2.05) is 36.4 Å². The molecule has 1 saturated heterocycles. The van der Waals surface area contributed by atoms with Crippen molar-refractivity contribution in [2.24, 2.45) is 5.92 Å². The first-order valence-electron chi connectivity index (χ1n) is 8.72. The maximum absolute atomic E-state index is 11.7. The van der Waals surface area contributed by atoms with Gasteiger partial charge in [-0.15, -0.1) is 0 Å². The zero-order valence-electron chi connectivity index (χ0n) is 13.6. The largest absolute Gasteiger partial charge is 0.480 e. The van der Waals surface area contributed by atoms with Crippen LogP contribution < -0.4 is 0 Å². The predicted octanol–water partition coefficient (Wildman–Crippen LogP) is 3.56. The Labute approximate surface area is 141 Å². The van der Waals surface area contributed by atoms with Gasteiger partial charge in [0.1, 0.15) is 11.7 Å². The number of hydrogen-bond acceptors (Lipinski definition) is 4. The fourth-order valence-corrected chi connectivity index (χ4v) is 4.34. The molecule has 0 spiro atoms. The Morgan fingerprint density at radius 3 is 2.83 bits per heavy atom. The van der Waals surface area contributed by atoms with E-state index in [0.717, 1.165) is 36.3 Å². The highest BCUT2D eigenvalue weighted by molar-refractivity contribution is 5.74. The number of hydrogen-bond donors (Lipinski definition) is 1. The van der Waals surface area contributed by atoms with Crippen molar-refractivity contribution in [3.8, 4) is 11.3 Å². The van der Waals surface area contributed by atoms with Crippen molar-refractivity contribution in [1.29, 1.82) is 0 Å². The maximum atomic E-state index is 11.7. The number of aromatic nitrogens is 1. The van der Waals surface area contributed by atoms with Gasteiger partial charge in [-0.1, -0.05) is 48.3 Å². The summed E-state index contributed by atoms with van der Waals surface area (Å²) in [6, 6.07) is 11.8. The van der Waals surface area contributed by atoms with Gasteiger partial charge in [0.2, 0.25) is 0 Å². The fraction of sp³-hybridized carbons (Fsp3) is 0.474. The van der Waals surface area contributed by atoms with Gasteiger partial charge in [0.15, 0.2) is 5.76 Å². The molecule has 1 aliphatic carbocycles. The lowest BCUT2D eigenvalue weighted by atomic mass is 9.85. The molecule has 1 saturated carbocycles. The Morgan fingerprint density at radius 1 is 1.25 bits per heavy atom. The third-order valence-corrected chi connectivity index (χ3v) is 5.47. The van der Waals surface area contributed by atoms with Crippen LogP contribution in [0.4, 0.5) is 0 Å². The van der Waals surface area contributed by atoms with Crippen LogP contribution in [0.25, 0.3) is 11.3 Å². The second-order valence-corrected chi connectivity index (χ2v) is 6.92. The van der Waals surface area contributed by atoms with Crippen LogP contribution in [0.5, 0.6) is 0 Å². The van der Waals surface area contributed by atoms with E-state index in [4.69, 9.17) is 4.52 Å². The summed E-state index contributed by atoms with van der Waals surface area (Å²) in [6.45, 7) is 0.526. The van der Waals surface area contributed by atoms with Gasteiger partial charge in [-0.2, -0.15) is 0 Å². The number of nitrogens with zero attached hydrogens (tertiary/aromatic N) is 2. The van der Waals surface area contributed by atoms with Crippen LogP contribution in [0.1, 0.15) is 37.9 Å². The lowest BCUT2D eigenvalue weighted by Gasteiger charge is -2.32. The molecule has 2 aliphatic rings. The van der Waals surface area contributed by atoms with E-state index in [-0.39, 0.29) is 0 Å². The standard InChI is InChI=1S/C19H22N2O3/c22-19(23)18-10-14-8-4-5-9-17(14)21(18)12-15-11-16(20-24-15)13-6-2-1-3-7-13/h1-3,6-7,11,14,17-18H,4-5,8-10,12H2,(H,22,23)/t14-,17-,18+/m1/s1. The van der Waals surface area contributed by atoms with Crippen molar-refractivity contribution in [1.82, 2.24) is 10.1 Å². The smallest absolute Gasteiger partial charge is 0.320 e. The topological polar surface area (TPSA) is 66.6 Å². The van der Waals surface area contributed by atoms with Gasteiger partial charge in [-0.05, 0) is 25.2 Å². The molecule has 3 atom stereocenters. The average molecular weight is 326 g/mol. The number of carbonyl (C=O) groups is 1. The Morgan fingerprint density at radius 2 is 2.04 bits per heavy atom. The van der Waals surface area contributed by atoms with Crippen LogP contribution in [0.3, 0.4) is 0 Å². The zero-order chi connectivity index (χ0) is 16.5. The summed E-state index contributed by atoms with van der Waals surface area (Å²) in [4.78, 5) is 13.8. The van der Waals surface area contributed by atoms with Gasteiger partial charge in [0.05, 0.1) is 6.54 Å². The monoisotopic (exact) mass is 326 g/mol. The van der Waals surface area contributed by atoms with Crippen molar-refractivity contribution in [2.45, 2.75) is 50.7 Å². The molecular weight excluding hydrogens is 304 g/mol. The molecule has 0 amide bonds. The third-order valence-electron chi connectivity index (χ3n) is 5.47. The van der Waals surface area contributed by atoms with Crippen LogP contribution in [-0.2, 0) is 11.3 Å². The van der Waals surface area contributed by atoms with Crippen molar-refractivity contribution in [3.05, 3.63) is 42.2 Å². The highest BCUT2D eigenvalue weighted by Gasteiger charge is 2.45. The van der Waals surface area contributed by atoms with Crippen LogP contribution in [0, 0.1) is 5.92 Å². The van der Waals surface area contributed by atoms with Crippen molar-refractivity contribution in [2.75, 3.05) is 0 Å². The molecule has 24 heavy (non-hydrogen) atoms. The lowest BCUT2D eigenvalue weighted by molar-refractivity contribution is -0.143. The quantitative estimate of drug-likeness (QED) is 0.930. The second-order valence-electron chi connectivity index (χ2n) is 6.92. The summed E-state index contributed by atoms with van der Waals surface area (Å²) in [5.74, 6) is 0.537. The molecule has 0 radical (unpaired) electrons. The number of aliphatic carboxylic acids is 1. The molecule has 2 aromatic rings. The summed E-state index contributed by atoms with van der Waals surface area (Å²) in [5, 5.41) is 13.8. The molecule has 1 N–H and O–H groups in total. The third kappa shape index (κ3) is 2.84. The van der Waals surface area contributed by atoms with Crippen molar-refractivity contribution < 1.29 is 14.4 Å². The van der Waals surface area contributed by atoms with Crippen LogP contribution >= 0.6 is 0 Å². The van der Waals surface area contributed by atoms with E-state index >= 15 is 0 Å². The number of benzene rings is 1. The molecule has 1 aromatic carbocycles. The molecule has 0 bridgehead atoms. The molecule has 1 aromatic heterocycles. The van der Waals surface area contributed by atoms with E-state index in [0.29, 0.717) is 18.5 Å². The Bertz CT molecular complexity index is 712. The molecular formula is C19H22N2O3. The lowest BCUT2D eigenvalue weighted by Crippen LogP contribution is -2.41. The summed E-state index contributed by atoms with van der Waals surface area (Å²) in [7, 11) is 0. The van der Waals surface area contributed by atoms with Gasteiger partial charge < -0.3 is 9.63 Å². The van der Waals surface area contributed by atoms with E-state index < -0.39 is 12.0 Å². The van der Waals surface area contributed by atoms with Gasteiger partial charge >= 0.3 is 5.97 Å². The highest BCUT2D eigenvalue weighted by Crippen LogP contribution is 2.40. The Hall–Kier alpha value is -2.14. The maximum Gasteiger partial charge on any atom is 0.320 e. The predicted molar refractivity (Wildman–Crippen MR) is 89.3 cm³/mol. The average Bonchev–Trinajstić information content (AvgIpc) is 3.21. The zero-order valence-corrected chi connectivity index (χ0v) is 13.6. The van der Waals surface area contributed by atoms with Gasteiger partial charge in [0.25, 0.3) is 0 Å². The Kier molecular flexibility index (Phi) is 4.10. The van der Waals surface area contributed by atoms with Gasteiger partial charge in [0, 0.05) is 17.7 Å². The molecule has 1 aliphatic heterocycles. The number of carboxylic acids is 1. The molecule has 5 nitrogen and oxygen atoms in total. The van der Waals surface area contributed by atoms with Crippen LogP contribution in [-0.4, -0.2) is 33.2 Å². The van der Waals surface area contributed by atoms with Crippen LogP contribution in [0.15, 0.2) is 40.9 Å². The van der Waals surface area contributed by atoms with E-state index in [2.05, 4.69) is 10.1 Å². The molecule has 126 valence electrons. The first-order chi connectivity index (χ1) is 11.7. The van der Waals surface area contributed by atoms with Crippen molar-refractivity contribution >= 4 is 5.97 Å². The minimum atomic E-state index is -0.716. The number of carboxylic acid groups (broad SMARTS) is 1. The Balaban J connectivity index is 1.55. The van der Waals surface area contributed by atoms with Gasteiger partial charge in [-0.25, -0.2) is 0 Å². The second kappa shape index (κ2) is 6.40. The molecule has 2 heterocycles. The van der Waals surface area contributed by atoms with E-state index in [1.54, 1.807) is 0 Å². The van der Waals surface area contributed by atoms with E-state index in [9.17, 15) is 9.90 Å². The summed E-state index contributed by atoms with van der Waals surface area (Å²) in [5.41, 5.74) is 1.82. The fourth-order valence-electron chi connectivity index (χ4n) is 4.34. The first kappa shape index (κ1) is 15.4. The summed E-state index contributed by atoms with van der Waals surface area (Å²) >= 11 is 0. The normalized spacial score (nSPS) is 27.1. The number of fused-ring (bicyclic) bond motifs is 1. The summed E-state index contributed by atoms with van der Waals surface area (Å²) < 4.78 is 5.50. The van der Waals surface area contributed by atoms with Crippen LogP contribution in [0.2, 0.25) is 0 Å². The SMILES string of the molecule is O=C(O)[C@@H]1C[C@H]2CCCC[C@H]2N1Cc1cc(-c2ccccc2)no1. The minimum Gasteiger partial charge on any atom is -0.480 e. The molecule has 2 fully saturated rings. The molecule has 5 heteroatoms.